The van der Waals surface area contributed by atoms with Crippen LogP contribution in [0.1, 0.15) is 37.5 Å². The van der Waals surface area contributed by atoms with Crippen molar-refractivity contribution in [3.8, 4) is 0 Å². The standard InChI is InChI=1S/C29H31NO3/c1-28(2,3)33-27(31)30-21-13-20-26(30)22-32-29(23-14-7-4-8-15-23,24-16-9-5-10-17-24)25-18-11-6-12-19-25/h4-20,26H,21-22H2,1-3H3/t26-/m0/s1. The smallest absolute Gasteiger partial charge is 0.411 e. The molecule has 0 spiro atoms. The van der Waals surface area contributed by atoms with Crippen molar-refractivity contribution in [1.82, 2.24) is 4.90 Å². The fraction of sp³-hybridized carbons (Fsp3) is 0.276. The van der Waals surface area contributed by atoms with Crippen molar-refractivity contribution in [2.24, 2.45) is 0 Å². The number of benzene rings is 3. The molecule has 0 fully saturated rings. The summed E-state index contributed by atoms with van der Waals surface area (Å²) in [6.07, 6.45) is 3.69. The summed E-state index contributed by atoms with van der Waals surface area (Å²) in [7, 11) is 0. The molecule has 0 saturated carbocycles. The first-order valence-electron chi connectivity index (χ1n) is 11.4. The predicted molar refractivity (Wildman–Crippen MR) is 131 cm³/mol. The van der Waals surface area contributed by atoms with Gasteiger partial charge in [-0.05, 0) is 37.5 Å². The first-order valence-corrected chi connectivity index (χ1v) is 11.4. The lowest BCUT2D eigenvalue weighted by molar-refractivity contribution is -0.0200. The van der Waals surface area contributed by atoms with E-state index in [2.05, 4.69) is 36.4 Å². The minimum atomic E-state index is -0.820. The second-order valence-corrected chi connectivity index (χ2v) is 9.22. The Balaban J connectivity index is 1.72. The van der Waals surface area contributed by atoms with Crippen LogP contribution in [0.3, 0.4) is 0 Å². The van der Waals surface area contributed by atoms with Crippen LogP contribution in [0.4, 0.5) is 4.79 Å². The third-order valence-electron chi connectivity index (χ3n) is 5.70. The molecule has 0 aliphatic carbocycles. The SMILES string of the molecule is CC(C)(C)OC(=O)N1CC=C[C@H]1COC(c1ccccc1)(c1ccccc1)c1ccccc1. The lowest BCUT2D eigenvalue weighted by Crippen LogP contribution is -2.44. The maximum atomic E-state index is 12.8. The molecule has 3 aromatic rings. The summed E-state index contributed by atoms with van der Waals surface area (Å²) in [6.45, 7) is 6.48. The van der Waals surface area contributed by atoms with E-state index >= 15 is 0 Å². The first-order chi connectivity index (χ1) is 15.9. The van der Waals surface area contributed by atoms with Crippen molar-refractivity contribution in [3.63, 3.8) is 0 Å². The summed E-state index contributed by atoms with van der Waals surface area (Å²) < 4.78 is 12.5. The van der Waals surface area contributed by atoms with Crippen LogP contribution < -0.4 is 0 Å². The number of carbonyl (C=O) groups excluding carboxylic acids is 1. The normalized spacial score (nSPS) is 16.1. The second kappa shape index (κ2) is 9.63. The number of ether oxygens (including phenoxy) is 2. The Hall–Kier alpha value is -3.37. The van der Waals surface area contributed by atoms with Gasteiger partial charge >= 0.3 is 6.09 Å². The molecule has 1 aliphatic heterocycles. The van der Waals surface area contributed by atoms with Crippen molar-refractivity contribution >= 4 is 6.09 Å². The van der Waals surface area contributed by atoms with Gasteiger partial charge in [0.25, 0.3) is 0 Å². The van der Waals surface area contributed by atoms with E-state index < -0.39 is 11.2 Å². The van der Waals surface area contributed by atoms with Gasteiger partial charge in [0.1, 0.15) is 11.2 Å². The highest BCUT2D eigenvalue weighted by atomic mass is 16.6. The monoisotopic (exact) mass is 441 g/mol. The molecule has 1 atom stereocenters. The molecular weight excluding hydrogens is 410 g/mol. The zero-order valence-electron chi connectivity index (χ0n) is 19.5. The van der Waals surface area contributed by atoms with Gasteiger partial charge in [0.15, 0.2) is 0 Å². The summed E-state index contributed by atoms with van der Waals surface area (Å²) in [5.74, 6) is 0. The maximum absolute atomic E-state index is 12.8. The Morgan fingerprint density at radius 2 is 1.27 bits per heavy atom. The van der Waals surface area contributed by atoms with Crippen LogP contribution in [0.25, 0.3) is 0 Å². The molecule has 4 rings (SSSR count). The van der Waals surface area contributed by atoms with E-state index in [1.54, 1.807) is 4.90 Å². The minimum absolute atomic E-state index is 0.213. The predicted octanol–water partition coefficient (Wildman–Crippen LogP) is 6.17. The highest BCUT2D eigenvalue weighted by Gasteiger charge is 2.39. The molecule has 0 bridgehead atoms. The highest BCUT2D eigenvalue weighted by molar-refractivity contribution is 5.69. The van der Waals surface area contributed by atoms with Crippen LogP contribution >= 0.6 is 0 Å². The Morgan fingerprint density at radius 1 is 0.818 bits per heavy atom. The molecule has 170 valence electrons. The molecule has 0 unspecified atom stereocenters. The van der Waals surface area contributed by atoms with Gasteiger partial charge in [-0.1, -0.05) is 103 Å². The summed E-state index contributed by atoms with van der Waals surface area (Å²) in [5, 5.41) is 0. The molecule has 4 nitrogen and oxygen atoms in total. The molecule has 1 amide bonds. The van der Waals surface area contributed by atoms with Crippen LogP contribution in [0.5, 0.6) is 0 Å². The zero-order chi connectivity index (χ0) is 23.3. The van der Waals surface area contributed by atoms with Gasteiger partial charge in [0.2, 0.25) is 0 Å². The number of nitrogens with zero attached hydrogens (tertiary/aromatic N) is 1. The van der Waals surface area contributed by atoms with Crippen LogP contribution in [0.15, 0.2) is 103 Å². The summed E-state index contributed by atoms with van der Waals surface area (Å²) in [5.41, 5.74) is 1.74. The van der Waals surface area contributed by atoms with Crippen LogP contribution in [0.2, 0.25) is 0 Å². The van der Waals surface area contributed by atoms with Gasteiger partial charge in [0.05, 0.1) is 12.6 Å². The summed E-state index contributed by atoms with van der Waals surface area (Å²) >= 11 is 0. The summed E-state index contributed by atoms with van der Waals surface area (Å²) in [4.78, 5) is 14.5. The highest BCUT2D eigenvalue weighted by Crippen LogP contribution is 2.40. The van der Waals surface area contributed by atoms with E-state index in [0.29, 0.717) is 13.2 Å². The molecule has 0 radical (unpaired) electrons. The van der Waals surface area contributed by atoms with Crippen LogP contribution in [-0.4, -0.2) is 35.8 Å². The topological polar surface area (TPSA) is 38.8 Å². The molecule has 0 saturated heterocycles. The zero-order valence-corrected chi connectivity index (χ0v) is 19.5. The van der Waals surface area contributed by atoms with E-state index in [0.717, 1.165) is 16.7 Å². The number of amides is 1. The van der Waals surface area contributed by atoms with Gasteiger partial charge in [-0.2, -0.15) is 0 Å². The lowest BCUT2D eigenvalue weighted by Gasteiger charge is -2.38. The molecule has 0 aromatic heterocycles. The van der Waals surface area contributed by atoms with Gasteiger partial charge in [-0.15, -0.1) is 0 Å². The first kappa shape index (κ1) is 22.8. The Labute approximate surface area is 196 Å². The van der Waals surface area contributed by atoms with Gasteiger partial charge in [-0.25, -0.2) is 4.79 Å². The van der Waals surface area contributed by atoms with E-state index in [4.69, 9.17) is 9.47 Å². The Morgan fingerprint density at radius 3 is 1.70 bits per heavy atom. The molecular formula is C29H31NO3. The number of hydrogen-bond acceptors (Lipinski definition) is 3. The molecule has 1 aliphatic rings. The number of carbonyl (C=O) groups is 1. The van der Waals surface area contributed by atoms with E-state index in [-0.39, 0.29) is 12.1 Å². The number of hydrogen-bond donors (Lipinski definition) is 0. The molecule has 1 heterocycles. The maximum Gasteiger partial charge on any atom is 0.411 e. The Kier molecular flexibility index (Phi) is 6.66. The second-order valence-electron chi connectivity index (χ2n) is 9.22. The van der Waals surface area contributed by atoms with E-state index in [9.17, 15) is 4.79 Å². The fourth-order valence-corrected chi connectivity index (χ4v) is 4.23. The minimum Gasteiger partial charge on any atom is -0.444 e. The van der Waals surface area contributed by atoms with Crippen molar-refractivity contribution < 1.29 is 14.3 Å². The Bertz CT molecular complexity index is 975. The van der Waals surface area contributed by atoms with E-state index in [1.807, 2.05) is 87.5 Å². The van der Waals surface area contributed by atoms with Gasteiger partial charge < -0.3 is 9.47 Å². The van der Waals surface area contributed by atoms with Gasteiger partial charge in [-0.3, -0.25) is 4.90 Å². The van der Waals surface area contributed by atoms with Crippen molar-refractivity contribution in [1.29, 1.82) is 0 Å². The molecule has 33 heavy (non-hydrogen) atoms. The molecule has 4 heteroatoms. The molecule has 0 N–H and O–H groups in total. The third-order valence-corrected chi connectivity index (χ3v) is 5.70. The van der Waals surface area contributed by atoms with Gasteiger partial charge in [0, 0.05) is 6.54 Å². The van der Waals surface area contributed by atoms with Crippen LogP contribution in [0, 0.1) is 0 Å². The van der Waals surface area contributed by atoms with Crippen molar-refractivity contribution in [2.45, 2.75) is 38.0 Å². The third kappa shape index (κ3) is 5.01. The van der Waals surface area contributed by atoms with Crippen molar-refractivity contribution in [3.05, 3.63) is 120 Å². The quantitative estimate of drug-likeness (QED) is 0.339. The number of rotatable bonds is 6. The average molecular weight is 442 g/mol. The largest absolute Gasteiger partial charge is 0.444 e. The van der Waals surface area contributed by atoms with Crippen molar-refractivity contribution in [2.75, 3.05) is 13.2 Å². The van der Waals surface area contributed by atoms with Crippen LogP contribution in [-0.2, 0) is 15.1 Å². The average Bonchev–Trinajstić information content (AvgIpc) is 3.30. The molecule has 3 aromatic carbocycles. The van der Waals surface area contributed by atoms with E-state index in [1.165, 1.54) is 0 Å². The summed E-state index contributed by atoms with van der Waals surface area (Å²) in [6, 6.07) is 30.5. The fourth-order valence-electron chi connectivity index (χ4n) is 4.23. The lowest BCUT2D eigenvalue weighted by atomic mass is 9.80.